The molecule has 2 N–H and O–H groups in total. The summed E-state index contributed by atoms with van der Waals surface area (Å²) in [7, 11) is -2.09. The number of hydrogen-bond acceptors (Lipinski definition) is 5. The molecule has 0 saturated heterocycles. The maximum absolute atomic E-state index is 12.6. The summed E-state index contributed by atoms with van der Waals surface area (Å²) in [5.41, 5.74) is 0.159. The Morgan fingerprint density at radius 2 is 1.38 bits per heavy atom. The summed E-state index contributed by atoms with van der Waals surface area (Å²) in [5.74, 6) is -0.411. The van der Waals surface area contributed by atoms with Crippen LogP contribution in [0.1, 0.15) is 26.2 Å². The lowest BCUT2D eigenvalue weighted by Crippen LogP contribution is -2.62. The van der Waals surface area contributed by atoms with E-state index in [9.17, 15) is 14.4 Å². The molecule has 3 aromatic rings. The van der Waals surface area contributed by atoms with Crippen molar-refractivity contribution in [3.8, 4) is 0 Å². The van der Waals surface area contributed by atoms with E-state index >= 15 is 0 Å². The highest BCUT2D eigenvalue weighted by Gasteiger charge is 2.46. The fraction of sp³-hybridized carbons (Fsp3) is 0.259. The number of benzene rings is 3. The van der Waals surface area contributed by atoms with Gasteiger partial charge in [0.05, 0.1) is 7.11 Å². The van der Waals surface area contributed by atoms with Crippen molar-refractivity contribution in [2.75, 3.05) is 12.4 Å². The molecule has 2 atom stereocenters. The Bertz CT molecular complexity index is 1010. The lowest BCUT2D eigenvalue weighted by Gasteiger charge is -2.36. The van der Waals surface area contributed by atoms with Crippen LogP contribution in [0.5, 0.6) is 0 Å². The molecular weight excluding hydrogens is 446 g/mol. The smallest absolute Gasteiger partial charge is 0.411 e. The van der Waals surface area contributed by atoms with Crippen molar-refractivity contribution in [3.63, 3.8) is 0 Å². The summed E-state index contributed by atoms with van der Waals surface area (Å²) in [6.07, 6.45) is -0.193. The zero-order chi connectivity index (χ0) is 24.4. The minimum absolute atomic E-state index is 0.0170. The molecule has 0 unspecified atom stereocenters. The Morgan fingerprint density at radius 3 is 1.85 bits per heavy atom. The van der Waals surface area contributed by atoms with Crippen LogP contribution >= 0.6 is 0 Å². The largest absolute Gasteiger partial charge is 0.469 e. The maximum atomic E-state index is 12.6. The number of rotatable bonds is 10. The molecule has 0 heterocycles. The van der Waals surface area contributed by atoms with Gasteiger partial charge in [0.2, 0.25) is 0 Å². The normalized spacial score (nSPS) is 12.9. The van der Waals surface area contributed by atoms with E-state index in [1.807, 2.05) is 85.8 Å². The SMILES string of the molecule is CC[C@H](C[C@@H](CC(=O)OC)[Si](O)(c1ccccc1)c1ccccc1)OC(=O)Nc1ccccc1. The van der Waals surface area contributed by atoms with Gasteiger partial charge in [0.15, 0.2) is 0 Å². The summed E-state index contributed by atoms with van der Waals surface area (Å²) in [5, 5.41) is 4.31. The molecule has 6 nitrogen and oxygen atoms in total. The Hall–Kier alpha value is -3.42. The number of ether oxygens (including phenoxy) is 2. The van der Waals surface area contributed by atoms with E-state index in [2.05, 4.69) is 5.32 Å². The molecule has 0 radical (unpaired) electrons. The highest BCUT2D eigenvalue weighted by molar-refractivity contribution is 6.97. The predicted octanol–water partition coefficient (Wildman–Crippen LogP) is 4.09. The molecule has 3 aromatic carbocycles. The number of anilines is 1. The number of nitrogens with one attached hydrogen (secondary N) is 1. The Kier molecular flexibility index (Phi) is 9.01. The monoisotopic (exact) mass is 477 g/mol. The zero-order valence-corrected chi connectivity index (χ0v) is 20.5. The van der Waals surface area contributed by atoms with Crippen LogP contribution in [-0.2, 0) is 14.3 Å². The number of carbonyl (C=O) groups excluding carboxylic acids is 2. The van der Waals surface area contributed by atoms with Crippen molar-refractivity contribution in [3.05, 3.63) is 91.0 Å². The van der Waals surface area contributed by atoms with Crippen LogP contribution < -0.4 is 15.7 Å². The van der Waals surface area contributed by atoms with Crippen LogP contribution in [0, 0.1) is 0 Å². The van der Waals surface area contributed by atoms with Gasteiger partial charge in [0, 0.05) is 12.1 Å². The van der Waals surface area contributed by atoms with Gasteiger partial charge in [0.25, 0.3) is 8.32 Å². The van der Waals surface area contributed by atoms with Gasteiger partial charge in [-0.1, -0.05) is 85.8 Å². The van der Waals surface area contributed by atoms with E-state index in [-0.39, 0.29) is 6.42 Å². The van der Waals surface area contributed by atoms with E-state index in [4.69, 9.17) is 9.47 Å². The highest BCUT2D eigenvalue weighted by atomic mass is 28.4. The molecular formula is C27H31NO5Si. The summed E-state index contributed by atoms with van der Waals surface area (Å²) >= 11 is 0. The number of para-hydroxylation sites is 1. The van der Waals surface area contributed by atoms with E-state index < -0.39 is 32.0 Å². The topological polar surface area (TPSA) is 84.9 Å². The first kappa shape index (κ1) is 25.2. The molecule has 0 saturated carbocycles. The zero-order valence-electron chi connectivity index (χ0n) is 19.5. The number of methoxy groups -OCH3 is 1. The first-order chi connectivity index (χ1) is 16.5. The molecule has 7 heteroatoms. The van der Waals surface area contributed by atoms with Gasteiger partial charge < -0.3 is 14.3 Å². The van der Waals surface area contributed by atoms with Gasteiger partial charge in [-0.05, 0) is 40.9 Å². The third-order valence-corrected chi connectivity index (χ3v) is 10.0. The fourth-order valence-electron chi connectivity index (χ4n) is 4.14. The molecule has 0 bridgehead atoms. The van der Waals surface area contributed by atoms with Crippen LogP contribution in [-0.4, -0.2) is 38.4 Å². The van der Waals surface area contributed by atoms with E-state index in [0.717, 1.165) is 10.4 Å². The van der Waals surface area contributed by atoms with Crippen molar-refractivity contribution in [2.24, 2.45) is 0 Å². The molecule has 0 spiro atoms. The van der Waals surface area contributed by atoms with Crippen molar-refractivity contribution in [1.82, 2.24) is 0 Å². The lowest BCUT2D eigenvalue weighted by molar-refractivity contribution is -0.140. The molecule has 3 rings (SSSR count). The van der Waals surface area contributed by atoms with Crippen molar-refractivity contribution in [2.45, 2.75) is 37.8 Å². The molecule has 0 aliphatic heterocycles. The van der Waals surface area contributed by atoms with Crippen LogP contribution in [0.3, 0.4) is 0 Å². The third kappa shape index (κ3) is 6.33. The van der Waals surface area contributed by atoms with Crippen LogP contribution in [0.15, 0.2) is 91.0 Å². The van der Waals surface area contributed by atoms with Gasteiger partial charge >= 0.3 is 12.1 Å². The molecule has 0 fully saturated rings. The van der Waals surface area contributed by atoms with Crippen molar-refractivity contribution >= 4 is 36.4 Å². The summed E-state index contributed by atoms with van der Waals surface area (Å²) < 4.78 is 10.7. The van der Waals surface area contributed by atoms with E-state index in [1.165, 1.54) is 7.11 Å². The Labute approximate surface area is 201 Å². The quantitative estimate of drug-likeness (QED) is 0.339. The highest BCUT2D eigenvalue weighted by Crippen LogP contribution is 2.31. The van der Waals surface area contributed by atoms with Gasteiger partial charge in [-0.15, -0.1) is 0 Å². The first-order valence-electron chi connectivity index (χ1n) is 11.4. The van der Waals surface area contributed by atoms with Gasteiger partial charge in [-0.2, -0.15) is 0 Å². The van der Waals surface area contributed by atoms with Crippen LogP contribution in [0.4, 0.5) is 10.5 Å². The second-order valence-electron chi connectivity index (χ2n) is 8.14. The summed E-state index contributed by atoms with van der Waals surface area (Å²) in [6, 6.07) is 28.0. The third-order valence-electron chi connectivity index (χ3n) is 5.96. The van der Waals surface area contributed by atoms with Crippen molar-refractivity contribution in [1.29, 1.82) is 0 Å². The van der Waals surface area contributed by atoms with Gasteiger partial charge in [-0.25, -0.2) is 4.79 Å². The molecule has 178 valence electrons. The predicted molar refractivity (Wildman–Crippen MR) is 136 cm³/mol. The second-order valence-corrected chi connectivity index (χ2v) is 11.6. The Balaban J connectivity index is 1.91. The molecule has 0 aliphatic carbocycles. The number of esters is 1. The summed E-state index contributed by atoms with van der Waals surface area (Å²) in [4.78, 5) is 37.3. The van der Waals surface area contributed by atoms with E-state index in [0.29, 0.717) is 18.5 Å². The molecule has 0 aromatic heterocycles. The number of hydrogen-bond donors (Lipinski definition) is 2. The average molecular weight is 478 g/mol. The van der Waals surface area contributed by atoms with Crippen LogP contribution in [0.2, 0.25) is 5.54 Å². The van der Waals surface area contributed by atoms with Gasteiger partial charge in [-0.3, -0.25) is 10.1 Å². The first-order valence-corrected chi connectivity index (χ1v) is 13.4. The number of carbonyl (C=O) groups is 2. The van der Waals surface area contributed by atoms with Crippen molar-refractivity contribution < 1.29 is 23.9 Å². The minimum Gasteiger partial charge on any atom is -0.469 e. The van der Waals surface area contributed by atoms with E-state index in [1.54, 1.807) is 12.1 Å². The molecule has 34 heavy (non-hydrogen) atoms. The molecule has 1 amide bonds. The Morgan fingerprint density at radius 1 is 0.882 bits per heavy atom. The summed E-state index contributed by atoms with van der Waals surface area (Å²) in [6.45, 7) is 1.92. The van der Waals surface area contributed by atoms with Gasteiger partial charge in [0.1, 0.15) is 6.10 Å². The van der Waals surface area contributed by atoms with Crippen LogP contribution in [0.25, 0.3) is 0 Å². The minimum atomic E-state index is -3.43. The second kappa shape index (κ2) is 12.2. The lowest BCUT2D eigenvalue weighted by atomic mass is 10.1. The maximum Gasteiger partial charge on any atom is 0.411 e. The average Bonchev–Trinajstić information content (AvgIpc) is 2.88. The standard InChI is InChI=1S/C27H31NO5Si/c1-3-22(33-27(30)28-21-13-7-4-8-14-21)19-25(20-26(29)32-2)34(31,23-15-9-5-10-16-23)24-17-11-6-12-18-24/h4-18,22,25,31H,3,19-20H2,1-2H3,(H,28,30)/t22-,25+/m1/s1. The molecule has 0 aliphatic rings. The number of amides is 1. The fourth-order valence-corrected chi connectivity index (χ4v) is 7.89.